The van der Waals surface area contributed by atoms with Gasteiger partial charge in [0.25, 0.3) is 0 Å². The summed E-state index contributed by atoms with van der Waals surface area (Å²) >= 11 is 0. The highest BCUT2D eigenvalue weighted by atomic mass is 19.1. The number of nitrogens with zero attached hydrogens (tertiary/aromatic N) is 1. The van der Waals surface area contributed by atoms with Gasteiger partial charge in [-0.15, -0.1) is 0 Å². The Bertz CT molecular complexity index is 578. The van der Waals surface area contributed by atoms with Crippen LogP contribution in [0.1, 0.15) is 12.5 Å². The molecule has 2 aromatic rings. The molecule has 0 spiro atoms. The lowest BCUT2D eigenvalue weighted by molar-refractivity contribution is -0.117. The molecule has 0 aliphatic carbocycles. The second-order valence-corrected chi connectivity index (χ2v) is 4.42. The lowest BCUT2D eigenvalue weighted by Crippen LogP contribution is -2.31. The predicted octanol–water partition coefficient (Wildman–Crippen LogP) is 3.56. The average Bonchev–Trinajstić information content (AvgIpc) is 2.44. The number of anilines is 1. The molecule has 0 radical (unpaired) electrons. The second kappa shape index (κ2) is 6.28. The lowest BCUT2D eigenvalue weighted by atomic mass is 10.1. The van der Waals surface area contributed by atoms with Gasteiger partial charge in [-0.05, 0) is 48.9 Å². The molecule has 20 heavy (non-hydrogen) atoms. The zero-order valence-electron chi connectivity index (χ0n) is 11.1. The fourth-order valence-electron chi connectivity index (χ4n) is 2.00. The molecule has 1 amide bonds. The molecule has 0 fully saturated rings. The Hall–Kier alpha value is -2.23. The maximum absolute atomic E-state index is 12.9. The summed E-state index contributed by atoms with van der Waals surface area (Å²) in [6.45, 7) is 2.34. The summed E-state index contributed by atoms with van der Waals surface area (Å²) in [4.78, 5) is 13.8. The highest BCUT2D eigenvalue weighted by Gasteiger charge is 2.14. The van der Waals surface area contributed by atoms with E-state index in [2.05, 4.69) is 0 Å². The van der Waals surface area contributed by atoms with Crippen molar-refractivity contribution in [2.45, 2.75) is 13.3 Å². The summed E-state index contributed by atoms with van der Waals surface area (Å²) in [6, 6.07) is 11.6. The van der Waals surface area contributed by atoms with Gasteiger partial charge in [-0.2, -0.15) is 0 Å². The highest BCUT2D eigenvalue weighted by Crippen LogP contribution is 2.16. The van der Waals surface area contributed by atoms with Crippen molar-refractivity contribution in [2.75, 3.05) is 11.4 Å². The van der Waals surface area contributed by atoms with Crippen LogP contribution in [0.2, 0.25) is 0 Å². The number of amides is 1. The van der Waals surface area contributed by atoms with Crippen LogP contribution in [-0.4, -0.2) is 12.5 Å². The van der Waals surface area contributed by atoms with E-state index in [1.807, 2.05) is 6.92 Å². The first kappa shape index (κ1) is 14.2. The normalized spacial score (nSPS) is 10.3. The summed E-state index contributed by atoms with van der Waals surface area (Å²) in [5, 5.41) is 0. The number of halogens is 2. The number of hydrogen-bond acceptors (Lipinski definition) is 1. The van der Waals surface area contributed by atoms with Crippen molar-refractivity contribution in [3.05, 3.63) is 65.7 Å². The van der Waals surface area contributed by atoms with Crippen LogP contribution in [0.4, 0.5) is 14.5 Å². The molecule has 0 unspecified atom stereocenters. The van der Waals surface area contributed by atoms with Gasteiger partial charge in [0.05, 0.1) is 6.42 Å². The van der Waals surface area contributed by atoms with Gasteiger partial charge >= 0.3 is 0 Å². The van der Waals surface area contributed by atoms with Crippen LogP contribution in [0.15, 0.2) is 48.5 Å². The van der Waals surface area contributed by atoms with Gasteiger partial charge in [0, 0.05) is 12.2 Å². The summed E-state index contributed by atoms with van der Waals surface area (Å²) in [5.74, 6) is -0.770. The van der Waals surface area contributed by atoms with Crippen LogP contribution in [0.3, 0.4) is 0 Å². The molecular formula is C16H15F2NO. The highest BCUT2D eigenvalue weighted by molar-refractivity contribution is 5.94. The van der Waals surface area contributed by atoms with Crippen LogP contribution in [-0.2, 0) is 11.2 Å². The first-order chi connectivity index (χ1) is 9.60. The lowest BCUT2D eigenvalue weighted by Gasteiger charge is -2.21. The molecular weight excluding hydrogens is 260 g/mol. The van der Waals surface area contributed by atoms with Crippen molar-refractivity contribution in [2.24, 2.45) is 0 Å². The van der Waals surface area contributed by atoms with E-state index in [0.29, 0.717) is 12.2 Å². The van der Waals surface area contributed by atoms with Crippen LogP contribution in [0, 0.1) is 11.6 Å². The molecule has 2 aromatic carbocycles. The van der Waals surface area contributed by atoms with Crippen molar-refractivity contribution in [3.63, 3.8) is 0 Å². The van der Waals surface area contributed by atoms with E-state index in [-0.39, 0.29) is 24.0 Å². The molecule has 2 nitrogen and oxygen atoms in total. The van der Waals surface area contributed by atoms with Crippen molar-refractivity contribution in [1.82, 2.24) is 0 Å². The standard InChI is InChI=1S/C16H15F2NO/c1-2-19(15-9-7-14(18)8-10-15)16(20)11-12-3-5-13(17)6-4-12/h3-10H,2,11H2,1H3. The molecule has 2 rings (SSSR count). The first-order valence-electron chi connectivity index (χ1n) is 6.40. The quantitative estimate of drug-likeness (QED) is 0.835. The number of carbonyl (C=O) groups excluding carboxylic acids is 1. The SMILES string of the molecule is CCN(C(=O)Cc1ccc(F)cc1)c1ccc(F)cc1. The van der Waals surface area contributed by atoms with Crippen molar-refractivity contribution in [1.29, 1.82) is 0 Å². The zero-order chi connectivity index (χ0) is 14.5. The molecule has 0 aliphatic rings. The van der Waals surface area contributed by atoms with Crippen LogP contribution in [0.5, 0.6) is 0 Å². The molecule has 0 aromatic heterocycles. The van der Waals surface area contributed by atoms with Crippen molar-refractivity contribution >= 4 is 11.6 Å². The Labute approximate surface area is 116 Å². The van der Waals surface area contributed by atoms with Crippen LogP contribution < -0.4 is 4.90 Å². The zero-order valence-corrected chi connectivity index (χ0v) is 11.1. The molecule has 0 atom stereocenters. The molecule has 0 N–H and O–H groups in total. The van der Waals surface area contributed by atoms with Gasteiger partial charge in [-0.1, -0.05) is 12.1 Å². The summed E-state index contributed by atoms with van der Waals surface area (Å²) in [5.41, 5.74) is 1.40. The van der Waals surface area contributed by atoms with Gasteiger partial charge in [-0.25, -0.2) is 8.78 Å². The number of hydrogen-bond donors (Lipinski definition) is 0. The number of rotatable bonds is 4. The largest absolute Gasteiger partial charge is 0.312 e. The Balaban J connectivity index is 2.13. The van der Waals surface area contributed by atoms with E-state index in [4.69, 9.17) is 0 Å². The van der Waals surface area contributed by atoms with Crippen molar-refractivity contribution < 1.29 is 13.6 Å². The number of carbonyl (C=O) groups is 1. The fourth-order valence-corrected chi connectivity index (χ4v) is 2.00. The maximum Gasteiger partial charge on any atom is 0.231 e. The predicted molar refractivity (Wildman–Crippen MR) is 74.5 cm³/mol. The minimum atomic E-state index is -0.337. The Morgan fingerprint density at radius 2 is 1.45 bits per heavy atom. The third-order valence-corrected chi connectivity index (χ3v) is 3.02. The van der Waals surface area contributed by atoms with Crippen molar-refractivity contribution in [3.8, 4) is 0 Å². The third-order valence-electron chi connectivity index (χ3n) is 3.02. The topological polar surface area (TPSA) is 20.3 Å². The van der Waals surface area contributed by atoms with E-state index >= 15 is 0 Å². The molecule has 0 heterocycles. The van der Waals surface area contributed by atoms with Crippen LogP contribution >= 0.6 is 0 Å². The second-order valence-electron chi connectivity index (χ2n) is 4.42. The van der Waals surface area contributed by atoms with E-state index in [1.165, 1.54) is 24.3 Å². The molecule has 0 saturated heterocycles. The molecule has 0 aliphatic heterocycles. The minimum absolute atomic E-state index is 0.106. The summed E-state index contributed by atoms with van der Waals surface area (Å²) < 4.78 is 25.7. The smallest absolute Gasteiger partial charge is 0.231 e. The Morgan fingerprint density at radius 1 is 0.950 bits per heavy atom. The number of likely N-dealkylation sites (N-methyl/N-ethyl adjacent to an activating group) is 1. The molecule has 0 saturated carbocycles. The first-order valence-corrected chi connectivity index (χ1v) is 6.40. The monoisotopic (exact) mass is 275 g/mol. The molecule has 4 heteroatoms. The van der Waals surface area contributed by atoms with Gasteiger partial charge < -0.3 is 4.90 Å². The summed E-state index contributed by atoms with van der Waals surface area (Å²) in [6.07, 6.45) is 0.186. The summed E-state index contributed by atoms with van der Waals surface area (Å²) in [7, 11) is 0. The van der Waals surface area contributed by atoms with E-state index in [1.54, 1.807) is 29.2 Å². The average molecular weight is 275 g/mol. The van der Waals surface area contributed by atoms with E-state index in [0.717, 1.165) is 5.56 Å². The van der Waals surface area contributed by atoms with E-state index in [9.17, 15) is 13.6 Å². The third kappa shape index (κ3) is 3.41. The maximum atomic E-state index is 12.9. The Morgan fingerprint density at radius 3 is 1.95 bits per heavy atom. The molecule has 104 valence electrons. The number of benzene rings is 2. The van der Waals surface area contributed by atoms with Gasteiger partial charge in [0.15, 0.2) is 0 Å². The Kier molecular flexibility index (Phi) is 4.45. The van der Waals surface area contributed by atoms with E-state index < -0.39 is 0 Å². The van der Waals surface area contributed by atoms with Gasteiger partial charge in [-0.3, -0.25) is 4.79 Å². The molecule has 0 bridgehead atoms. The van der Waals surface area contributed by atoms with Crippen LogP contribution in [0.25, 0.3) is 0 Å². The fraction of sp³-hybridized carbons (Fsp3) is 0.188. The van der Waals surface area contributed by atoms with Gasteiger partial charge in [0.1, 0.15) is 11.6 Å². The minimum Gasteiger partial charge on any atom is -0.312 e. The van der Waals surface area contributed by atoms with Gasteiger partial charge in [0.2, 0.25) is 5.91 Å².